The lowest BCUT2D eigenvalue weighted by Gasteiger charge is -2.38. The first-order chi connectivity index (χ1) is 10.5. The summed E-state index contributed by atoms with van der Waals surface area (Å²) in [5.41, 5.74) is 6.81. The molecule has 7 heteroatoms. The fourth-order valence-electron chi connectivity index (χ4n) is 3.20. The van der Waals surface area contributed by atoms with Gasteiger partial charge in [0.25, 0.3) is 11.8 Å². The van der Waals surface area contributed by atoms with Crippen molar-refractivity contribution in [3.8, 4) is 0 Å². The maximum Gasteiger partial charge on any atom is 0.263 e. The molecule has 3 N–H and O–H groups in total. The number of rotatable bonds is 3. The van der Waals surface area contributed by atoms with Crippen LogP contribution in [0.4, 0.5) is 5.69 Å². The Hall–Kier alpha value is -1.96. The average molecular weight is 305 g/mol. The Labute approximate surface area is 128 Å². The number of carbonyl (C=O) groups excluding carboxylic acids is 2. The largest absolute Gasteiger partial charge is 0.398 e. The van der Waals surface area contributed by atoms with Crippen LogP contribution in [-0.4, -0.2) is 59.4 Å². The van der Waals surface area contributed by atoms with Gasteiger partial charge in [-0.2, -0.15) is 0 Å². The van der Waals surface area contributed by atoms with Crippen molar-refractivity contribution in [3.63, 3.8) is 0 Å². The van der Waals surface area contributed by atoms with Crippen LogP contribution in [0, 0.1) is 0 Å². The van der Waals surface area contributed by atoms with Gasteiger partial charge in [0.1, 0.15) is 0 Å². The van der Waals surface area contributed by atoms with Crippen LogP contribution in [0.5, 0.6) is 0 Å². The topological polar surface area (TPSA) is 96.1 Å². The van der Waals surface area contributed by atoms with Crippen molar-refractivity contribution < 1.29 is 19.4 Å². The molecule has 1 fully saturated rings. The Morgan fingerprint density at radius 2 is 2.14 bits per heavy atom. The van der Waals surface area contributed by atoms with Gasteiger partial charge in [-0.3, -0.25) is 19.4 Å². The lowest BCUT2D eigenvalue weighted by atomic mass is 10.0. The molecule has 3 rings (SSSR count). The van der Waals surface area contributed by atoms with Gasteiger partial charge in [0.15, 0.2) is 0 Å². The summed E-state index contributed by atoms with van der Waals surface area (Å²) in [6, 6.07) is 4.63. The quantitative estimate of drug-likeness (QED) is 0.472. The van der Waals surface area contributed by atoms with Crippen LogP contribution in [-0.2, 0) is 4.74 Å². The number of ether oxygens (including phenoxy) is 1. The highest BCUT2D eigenvalue weighted by molar-refractivity contribution is 6.23. The lowest BCUT2D eigenvalue weighted by Crippen LogP contribution is -2.53. The van der Waals surface area contributed by atoms with E-state index >= 15 is 0 Å². The molecule has 0 aromatic heterocycles. The van der Waals surface area contributed by atoms with Crippen LogP contribution in [0.1, 0.15) is 33.6 Å². The summed E-state index contributed by atoms with van der Waals surface area (Å²) in [6.45, 7) is 1.05. The molecule has 2 heterocycles. The SMILES string of the molecule is COC(O)N1CCC[C@@H](N2C(=O)c3cccc(N)c3C2=O)C1. The van der Waals surface area contributed by atoms with Crippen LogP contribution >= 0.6 is 0 Å². The molecule has 2 atom stereocenters. The van der Waals surface area contributed by atoms with E-state index < -0.39 is 6.41 Å². The van der Waals surface area contributed by atoms with Gasteiger partial charge in [0.2, 0.25) is 6.41 Å². The van der Waals surface area contributed by atoms with E-state index in [1.807, 2.05) is 0 Å². The molecule has 2 aliphatic rings. The molecule has 1 aromatic carbocycles. The third-order valence-electron chi connectivity index (χ3n) is 4.29. The Bertz CT molecular complexity index is 619. The molecular formula is C15H19N3O4. The molecule has 2 aliphatic heterocycles. The van der Waals surface area contributed by atoms with Crippen LogP contribution in [0.25, 0.3) is 0 Å². The number of nitrogens with two attached hydrogens (primary N) is 1. The van der Waals surface area contributed by atoms with Gasteiger partial charge in [-0.05, 0) is 25.0 Å². The molecule has 118 valence electrons. The first-order valence-electron chi connectivity index (χ1n) is 7.26. The Kier molecular flexibility index (Phi) is 3.86. The molecule has 0 bridgehead atoms. The first-order valence-corrected chi connectivity index (χ1v) is 7.26. The van der Waals surface area contributed by atoms with E-state index in [1.54, 1.807) is 23.1 Å². The maximum absolute atomic E-state index is 12.6. The van der Waals surface area contributed by atoms with Crippen LogP contribution < -0.4 is 5.73 Å². The number of nitrogen functional groups attached to an aromatic ring is 1. The fourth-order valence-corrected chi connectivity index (χ4v) is 3.20. The summed E-state index contributed by atoms with van der Waals surface area (Å²) in [5, 5.41) is 9.79. The zero-order valence-corrected chi connectivity index (χ0v) is 12.4. The van der Waals surface area contributed by atoms with E-state index in [2.05, 4.69) is 0 Å². The number of piperidine rings is 1. The molecule has 22 heavy (non-hydrogen) atoms. The highest BCUT2D eigenvalue weighted by Crippen LogP contribution is 2.31. The summed E-state index contributed by atoms with van der Waals surface area (Å²) in [4.78, 5) is 28.1. The third kappa shape index (κ3) is 2.27. The standard InChI is InChI=1S/C15H19N3O4/c1-22-15(21)17-7-3-4-9(8-17)18-13(19)10-5-2-6-11(16)12(10)14(18)20/h2,5-6,9,15,21H,3-4,7-8,16H2,1H3/t9-,15?/m1/s1. The summed E-state index contributed by atoms with van der Waals surface area (Å²) in [7, 11) is 1.41. The Morgan fingerprint density at radius 3 is 2.82 bits per heavy atom. The third-order valence-corrected chi connectivity index (χ3v) is 4.29. The Balaban J connectivity index is 1.86. The van der Waals surface area contributed by atoms with Crippen molar-refractivity contribution in [2.45, 2.75) is 25.3 Å². The molecule has 1 saturated heterocycles. The van der Waals surface area contributed by atoms with Crippen molar-refractivity contribution in [1.29, 1.82) is 0 Å². The molecule has 1 aromatic rings. The predicted octanol–water partition coefficient (Wildman–Crippen LogP) is 0.251. The second-order valence-corrected chi connectivity index (χ2v) is 5.60. The zero-order chi connectivity index (χ0) is 15.9. The highest BCUT2D eigenvalue weighted by atomic mass is 16.6. The van der Waals surface area contributed by atoms with Gasteiger partial charge >= 0.3 is 0 Å². The van der Waals surface area contributed by atoms with E-state index in [4.69, 9.17) is 10.5 Å². The minimum Gasteiger partial charge on any atom is -0.398 e. The number of nitrogens with zero attached hydrogens (tertiary/aromatic N) is 2. The summed E-state index contributed by atoms with van der Waals surface area (Å²) < 4.78 is 4.91. The normalized spacial score (nSPS) is 23.7. The Morgan fingerprint density at radius 1 is 1.36 bits per heavy atom. The summed E-state index contributed by atoms with van der Waals surface area (Å²) in [6.07, 6.45) is 0.454. The summed E-state index contributed by atoms with van der Waals surface area (Å²) in [5.74, 6) is -0.664. The van der Waals surface area contributed by atoms with Crippen molar-refractivity contribution in [2.75, 3.05) is 25.9 Å². The number of anilines is 1. The predicted molar refractivity (Wildman–Crippen MR) is 79.0 cm³/mol. The molecule has 0 saturated carbocycles. The van der Waals surface area contributed by atoms with Crippen molar-refractivity contribution in [3.05, 3.63) is 29.3 Å². The fraction of sp³-hybridized carbons (Fsp3) is 0.467. The maximum atomic E-state index is 12.6. The van der Waals surface area contributed by atoms with Crippen molar-refractivity contribution >= 4 is 17.5 Å². The van der Waals surface area contributed by atoms with Gasteiger partial charge in [0, 0.05) is 25.9 Å². The number of aliphatic hydroxyl groups excluding tert-OH is 1. The number of aliphatic hydroxyl groups is 1. The second kappa shape index (κ2) is 5.68. The number of carbonyl (C=O) groups is 2. The summed E-state index contributed by atoms with van der Waals surface area (Å²) >= 11 is 0. The number of imide groups is 1. The van der Waals surface area contributed by atoms with Crippen molar-refractivity contribution in [2.24, 2.45) is 0 Å². The molecule has 2 amide bonds. The van der Waals surface area contributed by atoms with Crippen LogP contribution in [0.3, 0.4) is 0 Å². The molecule has 0 radical (unpaired) electrons. The number of benzene rings is 1. The molecular weight excluding hydrogens is 286 g/mol. The average Bonchev–Trinajstić information content (AvgIpc) is 2.79. The number of hydrogen-bond donors (Lipinski definition) is 2. The highest BCUT2D eigenvalue weighted by Gasteiger charge is 2.42. The number of hydrogen-bond acceptors (Lipinski definition) is 6. The first kappa shape index (κ1) is 15.0. The molecule has 0 aliphatic carbocycles. The van der Waals surface area contributed by atoms with E-state index in [0.29, 0.717) is 30.8 Å². The van der Waals surface area contributed by atoms with Gasteiger partial charge < -0.3 is 15.6 Å². The number of methoxy groups -OCH3 is 1. The van der Waals surface area contributed by atoms with Gasteiger partial charge in [-0.15, -0.1) is 0 Å². The number of fused-ring (bicyclic) bond motifs is 1. The molecule has 7 nitrogen and oxygen atoms in total. The van der Waals surface area contributed by atoms with Gasteiger partial charge in [-0.25, -0.2) is 0 Å². The lowest BCUT2D eigenvalue weighted by molar-refractivity contribution is -0.185. The van der Waals surface area contributed by atoms with Crippen molar-refractivity contribution in [1.82, 2.24) is 9.80 Å². The minimum atomic E-state index is -1.02. The number of likely N-dealkylation sites (tertiary alicyclic amines) is 1. The van der Waals surface area contributed by atoms with Crippen LogP contribution in [0.15, 0.2) is 18.2 Å². The van der Waals surface area contributed by atoms with E-state index in [-0.39, 0.29) is 23.4 Å². The smallest absolute Gasteiger partial charge is 0.263 e. The zero-order valence-electron chi connectivity index (χ0n) is 12.4. The number of amides is 2. The monoisotopic (exact) mass is 305 g/mol. The second-order valence-electron chi connectivity index (χ2n) is 5.60. The van der Waals surface area contributed by atoms with E-state index in [9.17, 15) is 14.7 Å². The molecule has 0 spiro atoms. The minimum absolute atomic E-state index is 0.287. The van der Waals surface area contributed by atoms with E-state index in [1.165, 1.54) is 12.0 Å². The van der Waals surface area contributed by atoms with Gasteiger partial charge in [0.05, 0.1) is 17.2 Å². The van der Waals surface area contributed by atoms with E-state index in [0.717, 1.165) is 6.42 Å². The van der Waals surface area contributed by atoms with Gasteiger partial charge in [-0.1, -0.05) is 6.07 Å². The molecule has 1 unspecified atom stereocenters. The van der Waals surface area contributed by atoms with Crippen LogP contribution in [0.2, 0.25) is 0 Å².